The molecule has 2 aliphatic rings. The molecule has 5 nitrogen and oxygen atoms in total. The third kappa shape index (κ3) is 5.07. The highest BCUT2D eigenvalue weighted by Crippen LogP contribution is 2.35. The lowest BCUT2D eigenvalue weighted by molar-refractivity contribution is 0.206. The maximum Gasteiger partial charge on any atom is 0.147 e. The molecule has 1 unspecified atom stereocenters. The number of fused-ring (bicyclic) bond motifs is 1. The summed E-state index contributed by atoms with van der Waals surface area (Å²) in [5.74, 6) is 2.50. The Balaban J connectivity index is 1.24. The first-order valence-corrected chi connectivity index (χ1v) is 13.7. The number of anilines is 2. The maximum atomic E-state index is 5.82. The standard InChI is InChI=1S/C28H37N5S/c1-3-20-12-14-33(15-13-20)24-10-11-25(19(2)16-24)32-28-27-26(30-18-31-28)22(17-34-27)7-4-21-5-8-23(29)9-6-21/h5-6,8-10,17-20,25H,3-4,7,11-16,29H2,1-2H3,(H,30,31,32)/t19?,25-/m1/s1. The van der Waals surface area contributed by atoms with Gasteiger partial charge in [0.2, 0.25) is 0 Å². The van der Waals surface area contributed by atoms with Crippen molar-refractivity contribution in [3.8, 4) is 0 Å². The third-order valence-corrected chi connectivity index (χ3v) is 8.86. The highest BCUT2D eigenvalue weighted by molar-refractivity contribution is 7.18. The molecule has 5 rings (SSSR count). The van der Waals surface area contributed by atoms with Gasteiger partial charge in [-0.15, -0.1) is 11.3 Å². The molecule has 3 aromatic rings. The molecule has 0 amide bonds. The van der Waals surface area contributed by atoms with Crippen molar-refractivity contribution in [1.29, 1.82) is 0 Å². The van der Waals surface area contributed by atoms with Crippen LogP contribution < -0.4 is 11.1 Å². The summed E-state index contributed by atoms with van der Waals surface area (Å²) in [6.45, 7) is 7.18. The third-order valence-electron chi connectivity index (χ3n) is 7.84. The molecule has 2 atom stereocenters. The number of rotatable bonds is 7. The number of benzene rings is 1. The summed E-state index contributed by atoms with van der Waals surface area (Å²) >= 11 is 1.76. The van der Waals surface area contributed by atoms with Gasteiger partial charge in [0.1, 0.15) is 12.1 Å². The van der Waals surface area contributed by atoms with Crippen molar-refractivity contribution in [2.75, 3.05) is 24.1 Å². The van der Waals surface area contributed by atoms with Gasteiger partial charge in [-0.3, -0.25) is 0 Å². The van der Waals surface area contributed by atoms with Gasteiger partial charge in [-0.1, -0.05) is 38.5 Å². The Kier molecular flexibility index (Phi) is 7.05. The fourth-order valence-corrected chi connectivity index (χ4v) is 6.47. The smallest absolute Gasteiger partial charge is 0.147 e. The van der Waals surface area contributed by atoms with E-state index in [1.54, 1.807) is 23.4 Å². The van der Waals surface area contributed by atoms with Gasteiger partial charge in [-0.05, 0) is 79.0 Å². The van der Waals surface area contributed by atoms with Crippen LogP contribution in [-0.2, 0) is 12.8 Å². The van der Waals surface area contributed by atoms with Crippen LogP contribution in [0.25, 0.3) is 10.2 Å². The molecule has 1 aliphatic carbocycles. The lowest BCUT2D eigenvalue weighted by atomic mass is 9.86. The number of hydrogen-bond donors (Lipinski definition) is 2. The minimum absolute atomic E-state index is 0.412. The molecule has 1 aromatic carbocycles. The van der Waals surface area contributed by atoms with Crippen molar-refractivity contribution in [3.63, 3.8) is 0 Å². The van der Waals surface area contributed by atoms with Crippen molar-refractivity contribution in [3.05, 3.63) is 58.9 Å². The van der Waals surface area contributed by atoms with Crippen LogP contribution in [0, 0.1) is 11.8 Å². The summed E-state index contributed by atoms with van der Waals surface area (Å²) in [5.41, 5.74) is 11.9. The molecule has 34 heavy (non-hydrogen) atoms. The fraction of sp³-hybridized carbons (Fsp3) is 0.500. The molecule has 1 aliphatic heterocycles. The van der Waals surface area contributed by atoms with Crippen molar-refractivity contribution in [2.45, 2.75) is 64.8 Å². The summed E-state index contributed by atoms with van der Waals surface area (Å²) < 4.78 is 1.18. The SMILES string of the molecule is CCC1CCN(C2=CC[C@@H](Nc3ncnc4c(CCc5ccc(N)cc5)csc34)C(C)C2)CC1. The van der Waals surface area contributed by atoms with E-state index in [2.05, 4.69) is 57.6 Å². The van der Waals surface area contributed by atoms with E-state index in [-0.39, 0.29) is 0 Å². The Bertz CT molecular complexity index is 1130. The van der Waals surface area contributed by atoms with Gasteiger partial charge in [0.25, 0.3) is 0 Å². The second kappa shape index (κ2) is 10.3. The summed E-state index contributed by atoms with van der Waals surface area (Å²) in [4.78, 5) is 11.9. The molecule has 1 saturated heterocycles. The Morgan fingerprint density at radius 3 is 2.65 bits per heavy atom. The van der Waals surface area contributed by atoms with E-state index in [0.717, 1.165) is 48.6 Å². The number of nitrogens with two attached hydrogens (primary N) is 1. The van der Waals surface area contributed by atoms with Gasteiger partial charge >= 0.3 is 0 Å². The van der Waals surface area contributed by atoms with Crippen LogP contribution in [-0.4, -0.2) is 34.0 Å². The Labute approximate surface area is 207 Å². The van der Waals surface area contributed by atoms with E-state index in [9.17, 15) is 0 Å². The van der Waals surface area contributed by atoms with Crippen LogP contribution in [0.2, 0.25) is 0 Å². The van der Waals surface area contributed by atoms with Crippen molar-refractivity contribution >= 4 is 33.1 Å². The molecule has 0 radical (unpaired) electrons. The second-order valence-corrected chi connectivity index (χ2v) is 11.0. The highest BCUT2D eigenvalue weighted by Gasteiger charge is 2.27. The van der Waals surface area contributed by atoms with Gasteiger partial charge in [-0.2, -0.15) is 0 Å². The summed E-state index contributed by atoms with van der Waals surface area (Å²) in [6.07, 6.45) is 12.4. The quantitative estimate of drug-likeness (QED) is 0.394. The van der Waals surface area contributed by atoms with Gasteiger partial charge < -0.3 is 16.0 Å². The molecule has 0 saturated carbocycles. The second-order valence-electron chi connectivity index (χ2n) is 10.1. The number of nitrogen functional groups attached to an aromatic ring is 1. The molecule has 180 valence electrons. The Morgan fingerprint density at radius 2 is 1.91 bits per heavy atom. The van der Waals surface area contributed by atoms with E-state index >= 15 is 0 Å². The Morgan fingerprint density at radius 1 is 1.12 bits per heavy atom. The topological polar surface area (TPSA) is 67.1 Å². The predicted molar refractivity (Wildman–Crippen MR) is 144 cm³/mol. The molecular formula is C28H37N5S. The van der Waals surface area contributed by atoms with E-state index in [4.69, 9.17) is 5.73 Å². The first kappa shape index (κ1) is 23.2. The molecule has 0 spiro atoms. The number of nitrogens with one attached hydrogen (secondary N) is 1. The minimum Gasteiger partial charge on any atom is -0.399 e. The van der Waals surface area contributed by atoms with Gasteiger partial charge in [0, 0.05) is 30.5 Å². The largest absolute Gasteiger partial charge is 0.399 e. The number of thiophene rings is 1. The average Bonchev–Trinajstić information content (AvgIpc) is 3.29. The number of aromatic nitrogens is 2. The van der Waals surface area contributed by atoms with Gasteiger partial charge in [-0.25, -0.2) is 9.97 Å². The molecular weight excluding hydrogens is 438 g/mol. The number of likely N-dealkylation sites (tertiary alicyclic amines) is 1. The first-order chi connectivity index (χ1) is 16.6. The van der Waals surface area contributed by atoms with Crippen LogP contribution in [0.3, 0.4) is 0 Å². The number of nitrogens with zero attached hydrogens (tertiary/aromatic N) is 3. The molecule has 3 heterocycles. The Hall–Kier alpha value is -2.60. The van der Waals surface area contributed by atoms with E-state index < -0.39 is 0 Å². The van der Waals surface area contributed by atoms with E-state index in [0.29, 0.717) is 12.0 Å². The van der Waals surface area contributed by atoms with Crippen LogP contribution in [0.5, 0.6) is 0 Å². The molecule has 2 aromatic heterocycles. The lowest BCUT2D eigenvalue weighted by Crippen LogP contribution is -2.38. The fourth-order valence-electron chi connectivity index (χ4n) is 5.46. The van der Waals surface area contributed by atoms with Gasteiger partial charge in [0.05, 0.1) is 10.2 Å². The summed E-state index contributed by atoms with van der Waals surface area (Å²) in [6, 6.07) is 8.59. The highest BCUT2D eigenvalue weighted by atomic mass is 32.1. The van der Waals surface area contributed by atoms with Crippen molar-refractivity contribution in [1.82, 2.24) is 14.9 Å². The van der Waals surface area contributed by atoms with Crippen LogP contribution >= 0.6 is 11.3 Å². The van der Waals surface area contributed by atoms with Crippen LogP contribution in [0.4, 0.5) is 11.5 Å². The number of allylic oxidation sites excluding steroid dienone is 1. The van der Waals surface area contributed by atoms with Crippen molar-refractivity contribution < 1.29 is 0 Å². The van der Waals surface area contributed by atoms with Crippen LogP contribution in [0.1, 0.15) is 57.1 Å². The lowest BCUT2D eigenvalue weighted by Gasteiger charge is -2.39. The zero-order chi connectivity index (χ0) is 23.5. The normalized spacial score (nSPS) is 21.6. The van der Waals surface area contributed by atoms with Crippen LogP contribution in [0.15, 0.2) is 47.7 Å². The predicted octanol–water partition coefficient (Wildman–Crippen LogP) is 6.28. The number of aryl methyl sites for hydroxylation is 2. The average molecular weight is 476 g/mol. The molecule has 1 fully saturated rings. The number of hydrogen-bond acceptors (Lipinski definition) is 6. The summed E-state index contributed by atoms with van der Waals surface area (Å²) in [5, 5.41) is 6.04. The number of piperidine rings is 1. The molecule has 6 heteroatoms. The van der Waals surface area contributed by atoms with E-state index in [1.165, 1.54) is 48.2 Å². The van der Waals surface area contributed by atoms with E-state index in [1.807, 2.05) is 12.1 Å². The van der Waals surface area contributed by atoms with Crippen molar-refractivity contribution in [2.24, 2.45) is 11.8 Å². The molecule has 0 bridgehead atoms. The van der Waals surface area contributed by atoms with Gasteiger partial charge in [0.15, 0.2) is 0 Å². The first-order valence-electron chi connectivity index (χ1n) is 12.9. The monoisotopic (exact) mass is 475 g/mol. The molecule has 3 N–H and O–H groups in total. The maximum absolute atomic E-state index is 5.82. The zero-order valence-corrected chi connectivity index (χ0v) is 21.3. The summed E-state index contributed by atoms with van der Waals surface area (Å²) in [7, 11) is 0. The minimum atomic E-state index is 0.412. The zero-order valence-electron chi connectivity index (χ0n) is 20.5.